The van der Waals surface area contributed by atoms with Crippen molar-refractivity contribution in [1.82, 2.24) is 0 Å². The molecule has 0 amide bonds. The first kappa shape index (κ1) is 9.86. The molecule has 0 N–H and O–H groups in total. The molecule has 3 heteroatoms. The van der Waals surface area contributed by atoms with Gasteiger partial charge in [0, 0.05) is 20.1 Å². The lowest BCUT2D eigenvalue weighted by atomic mass is 10.1. The van der Waals surface area contributed by atoms with Crippen molar-refractivity contribution in [3.63, 3.8) is 0 Å². The Hall–Kier alpha value is -0.680. The predicted molar refractivity (Wildman–Crippen MR) is 66.9 cm³/mol. The van der Waals surface area contributed by atoms with Gasteiger partial charge in [-0.3, -0.25) is 4.79 Å². The van der Waals surface area contributed by atoms with Gasteiger partial charge in [-0.05, 0) is 46.2 Å². The predicted octanol–water partition coefficient (Wildman–Crippen LogP) is 3.58. The van der Waals surface area contributed by atoms with E-state index in [0.29, 0.717) is 0 Å². The topological polar surface area (TPSA) is 17.1 Å². The molecule has 0 saturated heterocycles. The fourth-order valence-electron chi connectivity index (χ4n) is 1.19. The van der Waals surface area contributed by atoms with Crippen LogP contribution in [-0.2, 0) is 0 Å². The van der Waals surface area contributed by atoms with Gasteiger partial charge in [-0.15, -0.1) is 0 Å². The highest BCUT2D eigenvalue weighted by molar-refractivity contribution is 14.1. The minimum atomic E-state index is 0.102. The molecule has 0 atom stereocenters. The fraction of sp³-hybridized carbons (Fsp3) is 0. The molecule has 0 unspecified atom stereocenters. The first-order valence-electron chi connectivity index (χ1n) is 4.10. The van der Waals surface area contributed by atoms with E-state index < -0.39 is 0 Å². The van der Waals surface area contributed by atoms with Crippen LogP contribution in [0, 0.1) is 3.57 Å². The van der Waals surface area contributed by atoms with E-state index in [9.17, 15) is 4.79 Å². The first-order valence-corrected chi connectivity index (χ1v) is 6.12. The fourth-order valence-corrected chi connectivity index (χ4v) is 2.37. The smallest absolute Gasteiger partial charge is 0.193 e. The van der Waals surface area contributed by atoms with E-state index in [2.05, 4.69) is 22.6 Å². The zero-order valence-electron chi connectivity index (χ0n) is 7.24. The summed E-state index contributed by atoms with van der Waals surface area (Å²) in [6.07, 6.45) is 0. The number of benzene rings is 1. The van der Waals surface area contributed by atoms with Crippen LogP contribution in [-0.4, -0.2) is 5.78 Å². The van der Waals surface area contributed by atoms with Crippen molar-refractivity contribution in [3.8, 4) is 0 Å². The van der Waals surface area contributed by atoms with E-state index in [1.807, 2.05) is 41.1 Å². The molecule has 0 aliphatic rings. The van der Waals surface area contributed by atoms with Gasteiger partial charge < -0.3 is 0 Å². The average molecular weight is 314 g/mol. The molecule has 0 spiro atoms. The number of halogens is 1. The summed E-state index contributed by atoms with van der Waals surface area (Å²) in [4.78, 5) is 11.9. The van der Waals surface area contributed by atoms with Gasteiger partial charge in [-0.1, -0.05) is 12.1 Å². The minimum Gasteiger partial charge on any atom is -0.289 e. The van der Waals surface area contributed by atoms with Gasteiger partial charge in [-0.2, -0.15) is 11.3 Å². The van der Waals surface area contributed by atoms with Crippen LogP contribution in [0.5, 0.6) is 0 Å². The third-order valence-corrected chi connectivity index (χ3v) is 3.22. The molecule has 0 fully saturated rings. The molecule has 70 valence electrons. The average Bonchev–Trinajstić information content (AvgIpc) is 2.69. The van der Waals surface area contributed by atoms with Gasteiger partial charge in [-0.25, -0.2) is 0 Å². The quantitative estimate of drug-likeness (QED) is 0.612. The molecule has 14 heavy (non-hydrogen) atoms. The van der Waals surface area contributed by atoms with Crippen molar-refractivity contribution in [2.75, 3.05) is 0 Å². The normalized spacial score (nSPS) is 10.1. The molecular weight excluding hydrogens is 307 g/mol. The SMILES string of the molecule is O=C(c1ccsc1)c1cccc(I)c1. The number of carbonyl (C=O) groups excluding carboxylic acids is 1. The van der Waals surface area contributed by atoms with Crippen LogP contribution in [0.15, 0.2) is 41.1 Å². The van der Waals surface area contributed by atoms with Crippen molar-refractivity contribution in [1.29, 1.82) is 0 Å². The second kappa shape index (κ2) is 4.23. The van der Waals surface area contributed by atoms with Gasteiger partial charge in [0.25, 0.3) is 0 Å². The zero-order valence-corrected chi connectivity index (χ0v) is 10.2. The minimum absolute atomic E-state index is 0.102. The number of thiophene rings is 1. The molecule has 2 rings (SSSR count). The molecule has 2 aromatic rings. The Balaban J connectivity index is 2.37. The third-order valence-electron chi connectivity index (χ3n) is 1.87. The Morgan fingerprint density at radius 3 is 2.71 bits per heavy atom. The summed E-state index contributed by atoms with van der Waals surface area (Å²) >= 11 is 3.75. The second-order valence-electron chi connectivity index (χ2n) is 2.85. The molecular formula is C11H7IOS. The highest BCUT2D eigenvalue weighted by Gasteiger charge is 2.08. The van der Waals surface area contributed by atoms with Crippen LogP contribution >= 0.6 is 33.9 Å². The van der Waals surface area contributed by atoms with Crippen LogP contribution in [0.3, 0.4) is 0 Å². The Morgan fingerprint density at radius 2 is 2.07 bits per heavy atom. The van der Waals surface area contributed by atoms with Crippen LogP contribution < -0.4 is 0 Å². The van der Waals surface area contributed by atoms with E-state index in [1.54, 1.807) is 11.3 Å². The number of hydrogen-bond acceptors (Lipinski definition) is 2. The second-order valence-corrected chi connectivity index (χ2v) is 4.88. The molecule has 0 radical (unpaired) electrons. The molecule has 1 nitrogen and oxygen atoms in total. The molecule has 1 heterocycles. The zero-order chi connectivity index (χ0) is 9.97. The summed E-state index contributed by atoms with van der Waals surface area (Å²) < 4.78 is 1.09. The Kier molecular flexibility index (Phi) is 2.98. The molecule has 0 aliphatic carbocycles. The monoisotopic (exact) mass is 314 g/mol. The van der Waals surface area contributed by atoms with E-state index in [-0.39, 0.29) is 5.78 Å². The third kappa shape index (κ3) is 2.04. The standard InChI is InChI=1S/C11H7IOS/c12-10-3-1-2-8(6-10)11(13)9-4-5-14-7-9/h1-7H. The van der Waals surface area contributed by atoms with Gasteiger partial charge in [0.1, 0.15) is 0 Å². The van der Waals surface area contributed by atoms with E-state index in [4.69, 9.17) is 0 Å². The largest absolute Gasteiger partial charge is 0.289 e. The van der Waals surface area contributed by atoms with Crippen molar-refractivity contribution >= 4 is 39.7 Å². The lowest BCUT2D eigenvalue weighted by Crippen LogP contribution is -1.99. The maximum atomic E-state index is 11.9. The van der Waals surface area contributed by atoms with Crippen LogP contribution in [0.2, 0.25) is 0 Å². The first-order chi connectivity index (χ1) is 6.77. The van der Waals surface area contributed by atoms with E-state index >= 15 is 0 Å². The number of hydrogen-bond donors (Lipinski definition) is 0. The molecule has 0 saturated carbocycles. The Morgan fingerprint density at radius 1 is 1.21 bits per heavy atom. The summed E-state index contributed by atoms with van der Waals surface area (Å²) in [5.74, 6) is 0.102. The van der Waals surface area contributed by atoms with Gasteiger partial charge >= 0.3 is 0 Å². The lowest BCUT2D eigenvalue weighted by Gasteiger charge is -1.98. The maximum Gasteiger partial charge on any atom is 0.193 e. The van der Waals surface area contributed by atoms with Gasteiger partial charge in [0.15, 0.2) is 5.78 Å². The van der Waals surface area contributed by atoms with Crippen molar-refractivity contribution < 1.29 is 4.79 Å². The molecule has 0 bridgehead atoms. The number of rotatable bonds is 2. The van der Waals surface area contributed by atoms with Crippen LogP contribution in [0.25, 0.3) is 0 Å². The summed E-state index contributed by atoms with van der Waals surface area (Å²) in [5.41, 5.74) is 1.53. The summed E-state index contributed by atoms with van der Waals surface area (Å²) in [5, 5.41) is 3.79. The highest BCUT2D eigenvalue weighted by Crippen LogP contribution is 2.14. The number of carbonyl (C=O) groups is 1. The lowest BCUT2D eigenvalue weighted by molar-refractivity contribution is 0.103. The van der Waals surface area contributed by atoms with Crippen LogP contribution in [0.1, 0.15) is 15.9 Å². The maximum absolute atomic E-state index is 11.9. The van der Waals surface area contributed by atoms with E-state index in [1.165, 1.54) is 0 Å². The molecule has 1 aromatic heterocycles. The highest BCUT2D eigenvalue weighted by atomic mass is 127. The van der Waals surface area contributed by atoms with Crippen molar-refractivity contribution in [3.05, 3.63) is 55.8 Å². The summed E-state index contributed by atoms with van der Waals surface area (Å²) in [7, 11) is 0. The van der Waals surface area contributed by atoms with Gasteiger partial charge in [0.05, 0.1) is 0 Å². The molecule has 1 aromatic carbocycles. The Bertz CT molecular complexity index is 448. The van der Waals surface area contributed by atoms with Crippen molar-refractivity contribution in [2.45, 2.75) is 0 Å². The van der Waals surface area contributed by atoms with Gasteiger partial charge in [0.2, 0.25) is 0 Å². The van der Waals surface area contributed by atoms with E-state index in [0.717, 1.165) is 14.7 Å². The summed E-state index contributed by atoms with van der Waals surface area (Å²) in [6, 6.07) is 9.49. The Labute approximate surface area is 99.9 Å². The number of ketones is 1. The molecule has 0 aliphatic heterocycles. The summed E-state index contributed by atoms with van der Waals surface area (Å²) in [6.45, 7) is 0. The van der Waals surface area contributed by atoms with Crippen LogP contribution in [0.4, 0.5) is 0 Å². The van der Waals surface area contributed by atoms with Crippen molar-refractivity contribution in [2.24, 2.45) is 0 Å².